The lowest BCUT2D eigenvalue weighted by Crippen LogP contribution is -2.34. The van der Waals surface area contributed by atoms with Gasteiger partial charge in [-0.1, -0.05) is 34.5 Å². The van der Waals surface area contributed by atoms with Crippen molar-refractivity contribution in [2.24, 2.45) is 0 Å². The third-order valence-electron chi connectivity index (χ3n) is 3.45. The third-order valence-corrected chi connectivity index (χ3v) is 4.48. The Morgan fingerprint density at radius 3 is 2.59 bits per heavy atom. The summed E-state index contributed by atoms with van der Waals surface area (Å²) in [5.41, 5.74) is 1.35. The van der Waals surface area contributed by atoms with E-state index in [2.05, 4.69) is 31.9 Å². The molecule has 6 nitrogen and oxygen atoms in total. The van der Waals surface area contributed by atoms with Crippen molar-refractivity contribution in [3.63, 3.8) is 0 Å². The Hall–Kier alpha value is -2.16. The molecule has 0 unspecified atom stereocenters. The maximum absolute atomic E-state index is 12.5. The number of rotatable bonds is 5. The molecule has 0 radical (unpaired) electrons. The molecule has 9 heteroatoms. The number of hydrogen-bond donors (Lipinski definition) is 3. The van der Waals surface area contributed by atoms with E-state index in [-0.39, 0.29) is 11.0 Å². The average Bonchev–Trinajstić information content (AvgIpc) is 2.64. The number of carbonyl (C=O) groups is 2. The van der Waals surface area contributed by atoms with Crippen LogP contribution < -0.4 is 20.7 Å². The summed E-state index contributed by atoms with van der Waals surface area (Å²) < 4.78 is 5.93. The van der Waals surface area contributed by atoms with Crippen LogP contribution >= 0.6 is 39.7 Å². The molecule has 0 heterocycles. The van der Waals surface area contributed by atoms with Crippen molar-refractivity contribution < 1.29 is 14.3 Å². The first-order chi connectivity index (χ1) is 12.8. The van der Waals surface area contributed by atoms with Crippen LogP contribution in [0.3, 0.4) is 0 Å². The van der Waals surface area contributed by atoms with Gasteiger partial charge in [0.2, 0.25) is 5.91 Å². The predicted molar refractivity (Wildman–Crippen MR) is 115 cm³/mol. The molecule has 0 saturated heterocycles. The lowest BCUT2D eigenvalue weighted by atomic mass is 10.2. The first-order valence-corrected chi connectivity index (χ1v) is 9.47. The summed E-state index contributed by atoms with van der Waals surface area (Å²) in [5.74, 6) is -0.140. The lowest BCUT2D eigenvalue weighted by molar-refractivity contribution is -0.115. The molecule has 27 heavy (non-hydrogen) atoms. The third kappa shape index (κ3) is 5.92. The monoisotopic (exact) mass is 469 g/mol. The van der Waals surface area contributed by atoms with Gasteiger partial charge in [-0.05, 0) is 48.6 Å². The van der Waals surface area contributed by atoms with Crippen LogP contribution in [0.4, 0.5) is 11.4 Å². The highest BCUT2D eigenvalue weighted by Crippen LogP contribution is 2.26. The zero-order valence-corrected chi connectivity index (χ0v) is 17.7. The van der Waals surface area contributed by atoms with Gasteiger partial charge in [-0.15, -0.1) is 0 Å². The van der Waals surface area contributed by atoms with Crippen molar-refractivity contribution in [3.8, 4) is 5.75 Å². The van der Waals surface area contributed by atoms with E-state index in [9.17, 15) is 9.59 Å². The molecule has 2 amide bonds. The highest BCUT2D eigenvalue weighted by Gasteiger charge is 2.15. The number of amides is 2. The van der Waals surface area contributed by atoms with Crippen molar-refractivity contribution >= 4 is 68.1 Å². The standard InChI is InChI=1S/C18H17BrClN3O3S/c1-3-16(24)21-11-5-6-13(20)14(9-11)22-18(27)23-17(25)12-8-10(19)4-7-15(12)26-2/h4-9H,3H2,1-2H3,(H,21,24)(H2,22,23,25,27). The minimum atomic E-state index is -0.433. The number of thiocarbonyl (C=S) groups is 1. The maximum atomic E-state index is 12.5. The van der Waals surface area contributed by atoms with Gasteiger partial charge >= 0.3 is 0 Å². The summed E-state index contributed by atoms with van der Waals surface area (Å²) in [6.07, 6.45) is 0.355. The highest BCUT2D eigenvalue weighted by molar-refractivity contribution is 9.10. The average molecular weight is 471 g/mol. The van der Waals surface area contributed by atoms with Gasteiger partial charge in [-0.3, -0.25) is 14.9 Å². The molecule has 2 aromatic carbocycles. The topological polar surface area (TPSA) is 79.5 Å². The molecular formula is C18H17BrClN3O3S. The Kier molecular flexibility index (Phi) is 7.58. The quantitative estimate of drug-likeness (QED) is 0.557. The first kappa shape index (κ1) is 21.1. The van der Waals surface area contributed by atoms with Crippen LogP contribution in [-0.4, -0.2) is 24.0 Å². The molecule has 3 N–H and O–H groups in total. The second kappa shape index (κ2) is 9.68. The first-order valence-electron chi connectivity index (χ1n) is 7.89. The maximum Gasteiger partial charge on any atom is 0.261 e. The number of hydrogen-bond acceptors (Lipinski definition) is 4. The van der Waals surface area contributed by atoms with Gasteiger partial charge in [0.25, 0.3) is 5.91 Å². The molecule has 0 aliphatic heterocycles. The molecular weight excluding hydrogens is 454 g/mol. The van der Waals surface area contributed by atoms with Gasteiger partial charge in [0, 0.05) is 16.6 Å². The molecule has 0 aromatic heterocycles. The molecule has 0 atom stereocenters. The molecule has 2 rings (SSSR count). The number of methoxy groups -OCH3 is 1. The number of halogens is 2. The normalized spacial score (nSPS) is 10.1. The largest absolute Gasteiger partial charge is 0.496 e. The highest BCUT2D eigenvalue weighted by atomic mass is 79.9. The van der Waals surface area contributed by atoms with Crippen LogP contribution in [0.15, 0.2) is 40.9 Å². The van der Waals surface area contributed by atoms with E-state index in [1.807, 2.05) is 0 Å². The molecule has 0 aliphatic carbocycles. The molecule has 0 aliphatic rings. The van der Waals surface area contributed by atoms with Crippen LogP contribution in [0.2, 0.25) is 5.02 Å². The predicted octanol–water partition coefficient (Wildman–Crippen LogP) is 4.59. The van der Waals surface area contributed by atoms with Crippen molar-refractivity contribution in [2.75, 3.05) is 17.7 Å². The molecule has 142 valence electrons. The van der Waals surface area contributed by atoms with Crippen LogP contribution in [-0.2, 0) is 4.79 Å². The fraction of sp³-hybridized carbons (Fsp3) is 0.167. The van der Waals surface area contributed by atoms with E-state index < -0.39 is 5.91 Å². The van der Waals surface area contributed by atoms with E-state index in [4.69, 9.17) is 28.6 Å². The summed E-state index contributed by atoms with van der Waals surface area (Å²) in [6, 6.07) is 10.00. The molecule has 0 saturated carbocycles. The number of anilines is 2. The Labute approximate surface area is 175 Å². The van der Waals surface area contributed by atoms with Crippen molar-refractivity contribution in [1.82, 2.24) is 5.32 Å². The number of ether oxygens (including phenoxy) is 1. The summed E-state index contributed by atoms with van der Waals surface area (Å²) in [4.78, 5) is 24.0. The van der Waals surface area contributed by atoms with E-state index in [0.29, 0.717) is 34.1 Å². The van der Waals surface area contributed by atoms with Crippen LogP contribution in [0.25, 0.3) is 0 Å². The Bertz CT molecular complexity index is 892. The van der Waals surface area contributed by atoms with Crippen molar-refractivity contribution in [2.45, 2.75) is 13.3 Å². The summed E-state index contributed by atoms with van der Waals surface area (Å²) >= 11 is 14.7. The van der Waals surface area contributed by atoms with Gasteiger partial charge in [0.05, 0.1) is 23.4 Å². The zero-order valence-electron chi connectivity index (χ0n) is 14.6. The molecule has 0 bridgehead atoms. The van der Waals surface area contributed by atoms with Crippen LogP contribution in [0, 0.1) is 0 Å². The van der Waals surface area contributed by atoms with Crippen LogP contribution in [0.5, 0.6) is 5.75 Å². The SMILES string of the molecule is CCC(=O)Nc1ccc(Cl)c(NC(=S)NC(=O)c2cc(Br)ccc2OC)c1. The Balaban J connectivity index is 2.11. The second-order valence-corrected chi connectivity index (χ2v) is 7.08. The second-order valence-electron chi connectivity index (χ2n) is 5.35. The minimum absolute atomic E-state index is 0.0582. The van der Waals surface area contributed by atoms with Gasteiger partial charge in [-0.25, -0.2) is 0 Å². The summed E-state index contributed by atoms with van der Waals surface area (Å²) in [6.45, 7) is 1.76. The molecule has 0 fully saturated rings. The smallest absolute Gasteiger partial charge is 0.261 e. The van der Waals surface area contributed by atoms with E-state index >= 15 is 0 Å². The van der Waals surface area contributed by atoms with E-state index in [1.165, 1.54) is 7.11 Å². The van der Waals surface area contributed by atoms with Crippen LogP contribution in [0.1, 0.15) is 23.7 Å². The fourth-order valence-corrected chi connectivity index (χ4v) is 2.86. The summed E-state index contributed by atoms with van der Waals surface area (Å²) in [7, 11) is 1.48. The van der Waals surface area contributed by atoms with Gasteiger partial charge in [0.15, 0.2) is 5.11 Å². The van der Waals surface area contributed by atoms with E-state index in [0.717, 1.165) is 4.47 Å². The lowest BCUT2D eigenvalue weighted by Gasteiger charge is -2.14. The van der Waals surface area contributed by atoms with Gasteiger partial charge in [-0.2, -0.15) is 0 Å². The number of carbonyl (C=O) groups excluding carboxylic acids is 2. The van der Waals surface area contributed by atoms with Gasteiger partial charge < -0.3 is 15.4 Å². The number of benzene rings is 2. The molecule has 0 spiro atoms. The molecule has 2 aromatic rings. The Morgan fingerprint density at radius 2 is 1.93 bits per heavy atom. The summed E-state index contributed by atoms with van der Waals surface area (Å²) in [5, 5.41) is 8.62. The van der Waals surface area contributed by atoms with Crippen molar-refractivity contribution in [3.05, 3.63) is 51.5 Å². The fourth-order valence-electron chi connectivity index (χ4n) is 2.13. The minimum Gasteiger partial charge on any atom is -0.496 e. The van der Waals surface area contributed by atoms with E-state index in [1.54, 1.807) is 43.3 Å². The van der Waals surface area contributed by atoms with Crippen molar-refractivity contribution in [1.29, 1.82) is 0 Å². The number of nitrogens with one attached hydrogen (secondary N) is 3. The Morgan fingerprint density at radius 1 is 1.19 bits per heavy atom. The van der Waals surface area contributed by atoms with Gasteiger partial charge in [0.1, 0.15) is 5.75 Å². The zero-order chi connectivity index (χ0) is 20.0.